The summed E-state index contributed by atoms with van der Waals surface area (Å²) in [6, 6.07) is 11.1. The zero-order valence-electron chi connectivity index (χ0n) is 15.0. The minimum Gasteiger partial charge on any atom is -0.491 e. The molecule has 0 atom stereocenters. The minimum atomic E-state index is -0.273. The first-order chi connectivity index (χ1) is 12.5. The van der Waals surface area contributed by atoms with Gasteiger partial charge in [0, 0.05) is 31.1 Å². The normalized spacial score (nSPS) is 10.9. The van der Waals surface area contributed by atoms with Gasteiger partial charge in [-0.25, -0.2) is 0 Å². The Balaban J connectivity index is 1.70. The number of carbonyl (C=O) groups excluding carboxylic acids is 2. The lowest BCUT2D eigenvalue weighted by atomic mass is 10.2. The van der Waals surface area contributed by atoms with Crippen molar-refractivity contribution in [2.75, 3.05) is 6.54 Å². The summed E-state index contributed by atoms with van der Waals surface area (Å²) in [5, 5.41) is 5.50. The number of carbonyl (C=O) groups is 2. The molecule has 2 amide bonds. The maximum atomic E-state index is 11.9. The Labute approximate surface area is 153 Å². The fourth-order valence-corrected chi connectivity index (χ4v) is 2.20. The quantitative estimate of drug-likeness (QED) is 0.677. The van der Waals surface area contributed by atoms with Crippen molar-refractivity contribution in [1.82, 2.24) is 10.6 Å². The van der Waals surface area contributed by atoms with Crippen LogP contribution in [-0.2, 0) is 16.1 Å². The molecule has 0 fully saturated rings. The molecular formula is C20H24N2O4. The Bertz CT molecular complexity index is 736. The Morgan fingerprint density at radius 3 is 2.69 bits per heavy atom. The Morgan fingerprint density at radius 2 is 1.96 bits per heavy atom. The predicted molar refractivity (Wildman–Crippen MR) is 99.4 cm³/mol. The van der Waals surface area contributed by atoms with Crippen LogP contribution in [0.15, 0.2) is 53.2 Å². The van der Waals surface area contributed by atoms with E-state index in [1.807, 2.05) is 38.1 Å². The number of hydrogen-bond donors (Lipinski definition) is 2. The lowest BCUT2D eigenvalue weighted by Gasteiger charge is -2.14. The molecule has 26 heavy (non-hydrogen) atoms. The summed E-state index contributed by atoms with van der Waals surface area (Å²) >= 11 is 0. The molecule has 0 saturated heterocycles. The molecule has 2 aromatic rings. The van der Waals surface area contributed by atoms with Gasteiger partial charge in [-0.3, -0.25) is 9.59 Å². The molecule has 0 radical (unpaired) electrons. The van der Waals surface area contributed by atoms with E-state index in [0.29, 0.717) is 12.3 Å². The average molecular weight is 356 g/mol. The number of benzene rings is 1. The second kappa shape index (κ2) is 10.1. The molecule has 138 valence electrons. The maximum absolute atomic E-state index is 11.9. The summed E-state index contributed by atoms with van der Waals surface area (Å²) in [6.07, 6.45) is 4.74. The third-order valence-corrected chi connectivity index (χ3v) is 3.40. The van der Waals surface area contributed by atoms with Crippen molar-refractivity contribution in [1.29, 1.82) is 0 Å². The lowest BCUT2D eigenvalue weighted by Crippen LogP contribution is -2.29. The van der Waals surface area contributed by atoms with Gasteiger partial charge in [-0.05, 0) is 38.1 Å². The van der Waals surface area contributed by atoms with Crippen molar-refractivity contribution in [3.63, 3.8) is 0 Å². The van der Waals surface area contributed by atoms with Crippen LogP contribution in [0.2, 0.25) is 0 Å². The van der Waals surface area contributed by atoms with E-state index in [2.05, 4.69) is 10.6 Å². The molecule has 2 rings (SSSR count). The van der Waals surface area contributed by atoms with Crippen LogP contribution in [0.5, 0.6) is 5.75 Å². The van der Waals surface area contributed by atoms with E-state index in [1.165, 1.54) is 12.3 Å². The molecule has 0 spiro atoms. The third kappa shape index (κ3) is 6.84. The highest BCUT2D eigenvalue weighted by Crippen LogP contribution is 2.19. The summed E-state index contributed by atoms with van der Waals surface area (Å²) in [6.45, 7) is 4.56. The van der Waals surface area contributed by atoms with Crippen LogP contribution in [-0.4, -0.2) is 24.5 Å². The molecule has 0 unspecified atom stereocenters. The molecule has 2 N–H and O–H groups in total. The van der Waals surface area contributed by atoms with Gasteiger partial charge in [-0.15, -0.1) is 0 Å². The van der Waals surface area contributed by atoms with Crippen molar-refractivity contribution in [2.24, 2.45) is 0 Å². The van der Waals surface area contributed by atoms with Crippen molar-refractivity contribution in [3.05, 3.63) is 60.1 Å². The molecule has 0 saturated carbocycles. The van der Waals surface area contributed by atoms with Crippen LogP contribution in [0.25, 0.3) is 6.08 Å². The van der Waals surface area contributed by atoms with Crippen LogP contribution >= 0.6 is 0 Å². The zero-order valence-corrected chi connectivity index (χ0v) is 15.0. The number of para-hydroxylation sites is 1. The van der Waals surface area contributed by atoms with Crippen LogP contribution in [0, 0.1) is 0 Å². The largest absolute Gasteiger partial charge is 0.491 e. The van der Waals surface area contributed by atoms with Crippen LogP contribution in [0.1, 0.15) is 31.6 Å². The number of nitrogens with one attached hydrogen (secondary N) is 2. The first kappa shape index (κ1) is 19.3. The van der Waals surface area contributed by atoms with Crippen molar-refractivity contribution in [3.8, 4) is 5.75 Å². The van der Waals surface area contributed by atoms with E-state index in [9.17, 15) is 9.59 Å². The summed E-state index contributed by atoms with van der Waals surface area (Å²) in [7, 11) is 0. The van der Waals surface area contributed by atoms with Gasteiger partial charge in [0.15, 0.2) is 0 Å². The molecule has 1 aromatic carbocycles. The molecular weight excluding hydrogens is 332 g/mol. The highest BCUT2D eigenvalue weighted by molar-refractivity contribution is 5.91. The minimum absolute atomic E-state index is 0.0660. The molecule has 0 aliphatic rings. The van der Waals surface area contributed by atoms with Gasteiger partial charge in [0.2, 0.25) is 11.8 Å². The first-order valence-corrected chi connectivity index (χ1v) is 8.55. The standard InChI is InChI=1S/C20H24N2O4/c1-15(2)26-18-8-4-3-6-16(18)14-22-20(24)11-12-21-19(23)10-9-17-7-5-13-25-17/h3-10,13,15H,11-12,14H2,1-2H3,(H,21,23)(H,22,24)/b10-9+. The predicted octanol–water partition coefficient (Wildman–Crippen LogP) is 2.90. The van der Waals surface area contributed by atoms with E-state index in [4.69, 9.17) is 9.15 Å². The van der Waals surface area contributed by atoms with Gasteiger partial charge < -0.3 is 19.8 Å². The second-order valence-corrected chi connectivity index (χ2v) is 5.94. The monoisotopic (exact) mass is 356 g/mol. The molecule has 0 bridgehead atoms. The van der Waals surface area contributed by atoms with Crippen LogP contribution in [0.4, 0.5) is 0 Å². The van der Waals surface area contributed by atoms with Gasteiger partial charge in [0.1, 0.15) is 11.5 Å². The topological polar surface area (TPSA) is 80.6 Å². The van der Waals surface area contributed by atoms with E-state index in [1.54, 1.807) is 18.2 Å². The molecule has 1 heterocycles. The fraction of sp³-hybridized carbons (Fsp3) is 0.300. The fourth-order valence-electron chi connectivity index (χ4n) is 2.20. The van der Waals surface area contributed by atoms with E-state index >= 15 is 0 Å². The average Bonchev–Trinajstić information content (AvgIpc) is 3.12. The summed E-state index contributed by atoms with van der Waals surface area (Å²) in [4.78, 5) is 23.6. The van der Waals surface area contributed by atoms with Crippen molar-refractivity contribution >= 4 is 17.9 Å². The Kier molecular flexibility index (Phi) is 7.49. The van der Waals surface area contributed by atoms with Crippen LogP contribution in [0.3, 0.4) is 0 Å². The number of hydrogen-bond acceptors (Lipinski definition) is 4. The molecule has 6 heteroatoms. The van der Waals surface area contributed by atoms with Gasteiger partial charge >= 0.3 is 0 Å². The van der Waals surface area contributed by atoms with E-state index in [0.717, 1.165) is 11.3 Å². The Hall–Kier alpha value is -3.02. The smallest absolute Gasteiger partial charge is 0.244 e. The molecule has 6 nitrogen and oxygen atoms in total. The van der Waals surface area contributed by atoms with Gasteiger partial charge in [0.25, 0.3) is 0 Å². The molecule has 0 aliphatic carbocycles. The third-order valence-electron chi connectivity index (χ3n) is 3.40. The first-order valence-electron chi connectivity index (χ1n) is 8.55. The van der Waals surface area contributed by atoms with Crippen molar-refractivity contribution in [2.45, 2.75) is 32.9 Å². The van der Waals surface area contributed by atoms with Gasteiger partial charge in [0.05, 0.1) is 12.4 Å². The SMILES string of the molecule is CC(C)Oc1ccccc1CNC(=O)CCNC(=O)/C=C/c1ccco1. The van der Waals surface area contributed by atoms with E-state index < -0.39 is 0 Å². The number of rotatable bonds is 9. The summed E-state index contributed by atoms with van der Waals surface area (Å²) in [5.41, 5.74) is 0.917. The highest BCUT2D eigenvalue weighted by Gasteiger charge is 2.07. The maximum Gasteiger partial charge on any atom is 0.244 e. The Morgan fingerprint density at radius 1 is 1.15 bits per heavy atom. The number of furan rings is 1. The van der Waals surface area contributed by atoms with Crippen LogP contribution < -0.4 is 15.4 Å². The zero-order chi connectivity index (χ0) is 18.8. The molecule has 0 aliphatic heterocycles. The second-order valence-electron chi connectivity index (χ2n) is 5.94. The number of ether oxygens (including phenoxy) is 1. The van der Waals surface area contributed by atoms with Gasteiger partial charge in [-0.1, -0.05) is 18.2 Å². The molecule has 1 aromatic heterocycles. The summed E-state index contributed by atoms with van der Waals surface area (Å²) in [5.74, 6) is 0.948. The van der Waals surface area contributed by atoms with E-state index in [-0.39, 0.29) is 30.9 Å². The lowest BCUT2D eigenvalue weighted by molar-refractivity contribution is -0.121. The van der Waals surface area contributed by atoms with Gasteiger partial charge in [-0.2, -0.15) is 0 Å². The van der Waals surface area contributed by atoms with Crippen molar-refractivity contribution < 1.29 is 18.7 Å². The summed E-state index contributed by atoms with van der Waals surface area (Å²) < 4.78 is 10.8. The number of amides is 2. The highest BCUT2D eigenvalue weighted by atomic mass is 16.5.